The summed E-state index contributed by atoms with van der Waals surface area (Å²) in [5, 5.41) is 2.57. The Balaban J connectivity index is 1.87. The number of cyclic esters (lactones) is 1. The van der Waals surface area contributed by atoms with Crippen molar-refractivity contribution >= 4 is 6.09 Å². The number of amides is 1. The Morgan fingerprint density at radius 2 is 2.44 bits per heavy atom. The fourth-order valence-electron chi connectivity index (χ4n) is 1.48. The third-order valence-electron chi connectivity index (χ3n) is 2.32. The normalized spacial score (nSPS) is 19.1. The van der Waals surface area contributed by atoms with E-state index in [4.69, 9.17) is 15.2 Å². The van der Waals surface area contributed by atoms with Crippen LogP contribution in [-0.4, -0.2) is 25.3 Å². The van der Waals surface area contributed by atoms with Crippen LogP contribution in [0.4, 0.5) is 4.79 Å². The van der Waals surface area contributed by atoms with Crippen LogP contribution in [0.3, 0.4) is 0 Å². The Morgan fingerprint density at radius 3 is 3.12 bits per heavy atom. The molecule has 86 valence electrons. The zero-order valence-electron chi connectivity index (χ0n) is 8.81. The summed E-state index contributed by atoms with van der Waals surface area (Å²) < 4.78 is 10.4. The van der Waals surface area contributed by atoms with Gasteiger partial charge in [-0.3, -0.25) is 0 Å². The lowest BCUT2D eigenvalue weighted by molar-refractivity contribution is 0.105. The molecule has 1 heterocycles. The summed E-state index contributed by atoms with van der Waals surface area (Å²) in [5.41, 5.74) is 6.53. The number of ether oxygens (including phenoxy) is 2. The van der Waals surface area contributed by atoms with E-state index in [0.717, 1.165) is 11.3 Å². The molecule has 0 radical (unpaired) electrons. The summed E-state index contributed by atoms with van der Waals surface area (Å²) in [4.78, 5) is 10.8. The highest BCUT2D eigenvalue weighted by Crippen LogP contribution is 2.14. The third kappa shape index (κ3) is 2.64. The van der Waals surface area contributed by atoms with Crippen molar-refractivity contribution in [1.82, 2.24) is 5.32 Å². The van der Waals surface area contributed by atoms with Gasteiger partial charge in [0.1, 0.15) is 12.4 Å². The Kier molecular flexibility index (Phi) is 3.26. The molecule has 1 saturated heterocycles. The second kappa shape index (κ2) is 4.85. The average molecular weight is 222 g/mol. The van der Waals surface area contributed by atoms with E-state index in [1.807, 2.05) is 24.3 Å². The van der Waals surface area contributed by atoms with Gasteiger partial charge < -0.3 is 20.5 Å². The molecule has 5 heteroatoms. The summed E-state index contributed by atoms with van der Waals surface area (Å²) in [6.45, 7) is 1.33. The lowest BCUT2D eigenvalue weighted by Gasteiger charge is -2.10. The van der Waals surface area contributed by atoms with Gasteiger partial charge in [-0.1, -0.05) is 12.1 Å². The smallest absolute Gasteiger partial charge is 0.407 e. The van der Waals surface area contributed by atoms with E-state index in [0.29, 0.717) is 19.7 Å². The fourth-order valence-corrected chi connectivity index (χ4v) is 1.48. The summed E-state index contributed by atoms with van der Waals surface area (Å²) in [6.07, 6.45) is -0.599. The molecular weight excluding hydrogens is 208 g/mol. The van der Waals surface area contributed by atoms with E-state index >= 15 is 0 Å². The number of benzene rings is 1. The van der Waals surface area contributed by atoms with Gasteiger partial charge in [0.25, 0.3) is 0 Å². The van der Waals surface area contributed by atoms with E-state index in [1.54, 1.807) is 0 Å². The van der Waals surface area contributed by atoms with Gasteiger partial charge >= 0.3 is 6.09 Å². The predicted octanol–water partition coefficient (Wildman–Crippen LogP) is 0.632. The van der Waals surface area contributed by atoms with Gasteiger partial charge in [-0.2, -0.15) is 0 Å². The summed E-state index contributed by atoms with van der Waals surface area (Å²) in [7, 11) is 0. The Morgan fingerprint density at radius 1 is 1.56 bits per heavy atom. The van der Waals surface area contributed by atoms with E-state index in [9.17, 15) is 4.79 Å². The van der Waals surface area contributed by atoms with E-state index in [1.165, 1.54) is 0 Å². The first-order chi connectivity index (χ1) is 7.78. The lowest BCUT2D eigenvalue weighted by atomic mass is 10.2. The fraction of sp³-hybridized carbons (Fsp3) is 0.364. The first-order valence-electron chi connectivity index (χ1n) is 5.14. The first kappa shape index (κ1) is 10.8. The van der Waals surface area contributed by atoms with Crippen molar-refractivity contribution in [3.63, 3.8) is 0 Å². The lowest BCUT2D eigenvalue weighted by Crippen LogP contribution is -2.21. The van der Waals surface area contributed by atoms with Gasteiger partial charge in [-0.25, -0.2) is 4.79 Å². The zero-order chi connectivity index (χ0) is 11.4. The van der Waals surface area contributed by atoms with Crippen LogP contribution in [0, 0.1) is 0 Å². The maximum absolute atomic E-state index is 10.8. The minimum absolute atomic E-state index is 0.214. The molecule has 1 aliphatic heterocycles. The molecule has 1 atom stereocenters. The third-order valence-corrected chi connectivity index (χ3v) is 2.32. The Labute approximate surface area is 93.5 Å². The van der Waals surface area contributed by atoms with E-state index < -0.39 is 0 Å². The van der Waals surface area contributed by atoms with Gasteiger partial charge in [-0.15, -0.1) is 0 Å². The molecule has 0 saturated carbocycles. The van der Waals surface area contributed by atoms with Crippen LogP contribution in [0.5, 0.6) is 5.75 Å². The van der Waals surface area contributed by atoms with Crippen molar-refractivity contribution in [2.75, 3.05) is 13.2 Å². The molecule has 5 nitrogen and oxygen atoms in total. The maximum Gasteiger partial charge on any atom is 0.407 e. The quantitative estimate of drug-likeness (QED) is 0.783. The predicted molar refractivity (Wildman–Crippen MR) is 58.1 cm³/mol. The van der Waals surface area contributed by atoms with Crippen molar-refractivity contribution in [3.8, 4) is 5.75 Å². The molecule has 1 amide bonds. The van der Waals surface area contributed by atoms with Crippen molar-refractivity contribution in [2.45, 2.75) is 12.6 Å². The molecule has 1 aromatic rings. The summed E-state index contributed by atoms with van der Waals surface area (Å²) >= 11 is 0. The van der Waals surface area contributed by atoms with Gasteiger partial charge in [0.05, 0.1) is 6.54 Å². The second-order valence-electron chi connectivity index (χ2n) is 3.57. The number of nitrogens with one attached hydrogen (secondary N) is 1. The second-order valence-corrected chi connectivity index (χ2v) is 3.57. The van der Waals surface area contributed by atoms with Crippen LogP contribution in [0.2, 0.25) is 0 Å². The zero-order valence-corrected chi connectivity index (χ0v) is 8.81. The molecule has 0 aromatic heterocycles. The van der Waals surface area contributed by atoms with Crippen molar-refractivity contribution in [1.29, 1.82) is 0 Å². The minimum Gasteiger partial charge on any atom is -0.490 e. The summed E-state index contributed by atoms with van der Waals surface area (Å²) in [6, 6.07) is 7.55. The van der Waals surface area contributed by atoms with Crippen LogP contribution >= 0.6 is 0 Å². The molecule has 3 N–H and O–H groups in total. The molecule has 0 spiro atoms. The van der Waals surface area contributed by atoms with Gasteiger partial charge in [-0.05, 0) is 17.7 Å². The van der Waals surface area contributed by atoms with Gasteiger partial charge in [0, 0.05) is 6.54 Å². The van der Waals surface area contributed by atoms with Crippen LogP contribution in [-0.2, 0) is 11.3 Å². The Hall–Kier alpha value is -1.75. The number of carbonyl (C=O) groups is 1. The van der Waals surface area contributed by atoms with E-state index in [2.05, 4.69) is 5.32 Å². The SMILES string of the molecule is NCc1cccc(OCC2CNC(=O)O2)c1. The molecule has 0 aliphatic carbocycles. The first-order valence-corrected chi connectivity index (χ1v) is 5.14. The minimum atomic E-state index is -0.385. The molecule has 1 unspecified atom stereocenters. The number of hydrogen-bond acceptors (Lipinski definition) is 4. The van der Waals surface area contributed by atoms with Crippen LogP contribution in [0.15, 0.2) is 24.3 Å². The van der Waals surface area contributed by atoms with Crippen LogP contribution < -0.4 is 15.8 Å². The van der Waals surface area contributed by atoms with Crippen molar-refractivity contribution in [2.24, 2.45) is 5.73 Å². The molecular formula is C11H14N2O3. The monoisotopic (exact) mass is 222 g/mol. The highest BCUT2D eigenvalue weighted by Gasteiger charge is 2.22. The van der Waals surface area contributed by atoms with Crippen molar-refractivity contribution < 1.29 is 14.3 Å². The topological polar surface area (TPSA) is 73.6 Å². The molecule has 1 aliphatic rings. The molecule has 1 aromatic carbocycles. The van der Waals surface area contributed by atoms with Crippen LogP contribution in [0.25, 0.3) is 0 Å². The standard InChI is InChI=1S/C11H14N2O3/c12-5-8-2-1-3-9(4-8)15-7-10-6-13-11(14)16-10/h1-4,10H,5-7,12H2,(H,13,14). The van der Waals surface area contributed by atoms with Crippen molar-refractivity contribution in [3.05, 3.63) is 29.8 Å². The molecule has 2 rings (SSSR count). The van der Waals surface area contributed by atoms with Gasteiger partial charge in [0.2, 0.25) is 0 Å². The number of alkyl carbamates (subject to hydrolysis) is 1. The summed E-state index contributed by atoms with van der Waals surface area (Å²) in [5.74, 6) is 0.742. The highest BCUT2D eigenvalue weighted by atomic mass is 16.6. The molecule has 0 bridgehead atoms. The number of rotatable bonds is 4. The molecule has 16 heavy (non-hydrogen) atoms. The van der Waals surface area contributed by atoms with Crippen LogP contribution in [0.1, 0.15) is 5.56 Å². The maximum atomic E-state index is 10.8. The van der Waals surface area contributed by atoms with Gasteiger partial charge in [0.15, 0.2) is 6.10 Å². The average Bonchev–Trinajstić information content (AvgIpc) is 2.73. The number of carbonyl (C=O) groups excluding carboxylic acids is 1. The highest BCUT2D eigenvalue weighted by molar-refractivity contribution is 5.69. The Bertz CT molecular complexity index is 381. The van der Waals surface area contributed by atoms with E-state index in [-0.39, 0.29) is 12.2 Å². The molecule has 1 fully saturated rings. The number of hydrogen-bond donors (Lipinski definition) is 2. The largest absolute Gasteiger partial charge is 0.490 e. The number of nitrogens with two attached hydrogens (primary N) is 1.